The molecule has 0 bridgehead atoms. The molecule has 1 aromatic carbocycles. The predicted molar refractivity (Wildman–Crippen MR) is 57.3 cm³/mol. The molecule has 16 heavy (non-hydrogen) atoms. The molecule has 4 N–H and O–H groups in total. The Labute approximate surface area is 97.4 Å². The highest BCUT2D eigenvalue weighted by Gasteiger charge is 2.20. The minimum absolute atomic E-state index is 0.0140. The zero-order chi connectivity index (χ0) is 11.9. The lowest BCUT2D eigenvalue weighted by Gasteiger charge is -2.07. The van der Waals surface area contributed by atoms with Crippen molar-refractivity contribution in [2.45, 2.75) is 0 Å². The van der Waals surface area contributed by atoms with Gasteiger partial charge in [-0.1, -0.05) is 5.16 Å². The van der Waals surface area contributed by atoms with Crippen molar-refractivity contribution >= 4 is 21.8 Å². The third-order valence-electron chi connectivity index (χ3n) is 2.04. The highest BCUT2D eigenvalue weighted by molar-refractivity contribution is 9.10. The molecule has 2 aromatic rings. The number of halogens is 2. The molecule has 84 valence electrons. The Hall–Kier alpha value is -1.76. The monoisotopic (exact) mass is 288 g/mol. The van der Waals surface area contributed by atoms with Crippen molar-refractivity contribution in [3.8, 4) is 22.6 Å². The molecule has 0 fully saturated rings. The maximum Gasteiger partial charge on any atom is 0.230 e. The Balaban J connectivity index is 2.76. The SMILES string of the molecule is Nc1oncc1-c1c(F)cc(O)c(O)c1Br. The number of rotatable bonds is 1. The molecule has 7 heteroatoms. The van der Waals surface area contributed by atoms with Gasteiger partial charge in [0.15, 0.2) is 11.5 Å². The molecule has 0 unspecified atom stereocenters. The van der Waals surface area contributed by atoms with Gasteiger partial charge in [0.25, 0.3) is 0 Å². The summed E-state index contributed by atoms with van der Waals surface area (Å²) >= 11 is 2.96. The van der Waals surface area contributed by atoms with Gasteiger partial charge in [-0.05, 0) is 15.9 Å². The van der Waals surface area contributed by atoms with Crippen LogP contribution in [0.5, 0.6) is 11.5 Å². The van der Waals surface area contributed by atoms with Crippen molar-refractivity contribution in [1.29, 1.82) is 0 Å². The van der Waals surface area contributed by atoms with Crippen molar-refractivity contribution in [3.05, 3.63) is 22.6 Å². The average Bonchev–Trinajstić information content (AvgIpc) is 2.62. The highest BCUT2D eigenvalue weighted by Crippen LogP contribution is 2.43. The first-order valence-corrected chi connectivity index (χ1v) is 4.92. The number of nitrogen functional groups attached to an aromatic ring is 1. The van der Waals surface area contributed by atoms with Crippen molar-refractivity contribution in [3.63, 3.8) is 0 Å². The van der Waals surface area contributed by atoms with E-state index in [-0.39, 0.29) is 21.5 Å². The largest absolute Gasteiger partial charge is 0.504 e. The topological polar surface area (TPSA) is 92.5 Å². The first-order valence-electron chi connectivity index (χ1n) is 4.12. The number of hydrogen-bond donors (Lipinski definition) is 3. The van der Waals surface area contributed by atoms with Crippen LogP contribution in [0.2, 0.25) is 0 Å². The van der Waals surface area contributed by atoms with Crippen LogP contribution >= 0.6 is 15.9 Å². The van der Waals surface area contributed by atoms with Gasteiger partial charge in [-0.25, -0.2) is 4.39 Å². The van der Waals surface area contributed by atoms with Gasteiger partial charge in [-0.3, -0.25) is 0 Å². The zero-order valence-corrected chi connectivity index (χ0v) is 9.32. The number of nitrogens with zero attached hydrogens (tertiary/aromatic N) is 1. The third-order valence-corrected chi connectivity index (χ3v) is 2.81. The van der Waals surface area contributed by atoms with E-state index in [4.69, 9.17) is 5.73 Å². The predicted octanol–water partition coefficient (Wildman–Crippen LogP) is 2.24. The second-order valence-corrected chi connectivity index (χ2v) is 3.81. The molecule has 0 radical (unpaired) electrons. The van der Waals surface area contributed by atoms with E-state index >= 15 is 0 Å². The smallest absolute Gasteiger partial charge is 0.230 e. The van der Waals surface area contributed by atoms with Gasteiger partial charge in [0.2, 0.25) is 5.88 Å². The summed E-state index contributed by atoms with van der Waals surface area (Å²) in [5.74, 6) is -1.87. The highest BCUT2D eigenvalue weighted by atomic mass is 79.9. The number of aromatic hydroxyl groups is 2. The zero-order valence-electron chi connectivity index (χ0n) is 7.74. The normalized spacial score (nSPS) is 10.6. The summed E-state index contributed by atoms with van der Waals surface area (Å²) < 4.78 is 18.2. The van der Waals surface area contributed by atoms with E-state index < -0.39 is 17.3 Å². The van der Waals surface area contributed by atoms with E-state index in [1.165, 1.54) is 6.20 Å². The van der Waals surface area contributed by atoms with E-state index in [1.807, 2.05) is 0 Å². The quantitative estimate of drug-likeness (QED) is 0.700. The molecule has 2 rings (SSSR count). The second-order valence-electron chi connectivity index (χ2n) is 3.02. The Morgan fingerprint density at radius 3 is 2.69 bits per heavy atom. The molecular formula is C9H6BrFN2O3. The van der Waals surface area contributed by atoms with Crippen LogP contribution in [-0.4, -0.2) is 15.4 Å². The van der Waals surface area contributed by atoms with Crippen LogP contribution in [0.3, 0.4) is 0 Å². The number of hydrogen-bond acceptors (Lipinski definition) is 5. The molecule has 0 amide bonds. The third kappa shape index (κ3) is 1.49. The van der Waals surface area contributed by atoms with Gasteiger partial charge < -0.3 is 20.5 Å². The Morgan fingerprint density at radius 2 is 2.12 bits per heavy atom. The standard InChI is InChI=1S/C9H6BrFN2O3/c10-7-6(3-2-13-16-9(3)12)4(11)1-5(14)8(7)15/h1-2,14-15H,12H2. The fourth-order valence-corrected chi connectivity index (χ4v) is 1.89. The van der Waals surface area contributed by atoms with Gasteiger partial charge in [0, 0.05) is 11.6 Å². The van der Waals surface area contributed by atoms with Crippen LogP contribution < -0.4 is 5.73 Å². The minimum atomic E-state index is -0.753. The van der Waals surface area contributed by atoms with Gasteiger partial charge >= 0.3 is 0 Å². The molecule has 0 aliphatic carbocycles. The number of phenols is 2. The summed E-state index contributed by atoms with van der Waals surface area (Å²) in [7, 11) is 0. The molecule has 1 aromatic heterocycles. The first-order chi connectivity index (χ1) is 7.52. The summed E-state index contributed by atoms with van der Waals surface area (Å²) in [5, 5.41) is 22.0. The van der Waals surface area contributed by atoms with Crippen LogP contribution in [0, 0.1) is 5.82 Å². The van der Waals surface area contributed by atoms with Crippen LogP contribution in [0.4, 0.5) is 10.3 Å². The van der Waals surface area contributed by atoms with Gasteiger partial charge in [0.05, 0.1) is 16.2 Å². The van der Waals surface area contributed by atoms with Crippen LogP contribution in [0.15, 0.2) is 21.3 Å². The Morgan fingerprint density at radius 1 is 1.44 bits per heavy atom. The maximum atomic E-state index is 13.6. The number of nitrogens with two attached hydrogens (primary N) is 1. The first kappa shape index (κ1) is 10.7. The number of anilines is 1. The fourth-order valence-electron chi connectivity index (χ4n) is 1.28. The van der Waals surface area contributed by atoms with Gasteiger partial charge in [-0.2, -0.15) is 0 Å². The van der Waals surface area contributed by atoms with E-state index in [0.717, 1.165) is 6.07 Å². The lowest BCUT2D eigenvalue weighted by atomic mass is 10.1. The molecule has 0 atom stereocenters. The summed E-state index contributed by atoms with van der Waals surface area (Å²) in [6.45, 7) is 0. The van der Waals surface area contributed by atoms with E-state index in [2.05, 4.69) is 25.6 Å². The van der Waals surface area contributed by atoms with Crippen molar-refractivity contribution < 1.29 is 19.1 Å². The number of benzene rings is 1. The van der Waals surface area contributed by atoms with E-state index in [1.54, 1.807) is 0 Å². The fraction of sp³-hybridized carbons (Fsp3) is 0. The van der Waals surface area contributed by atoms with Crippen LogP contribution in [0.1, 0.15) is 0 Å². The molecule has 1 heterocycles. The van der Waals surface area contributed by atoms with E-state index in [9.17, 15) is 14.6 Å². The van der Waals surface area contributed by atoms with Crippen molar-refractivity contribution in [1.82, 2.24) is 5.16 Å². The van der Waals surface area contributed by atoms with Crippen molar-refractivity contribution in [2.75, 3.05) is 5.73 Å². The van der Waals surface area contributed by atoms with Crippen LogP contribution in [-0.2, 0) is 0 Å². The number of phenolic OH excluding ortho intramolecular Hbond substituents is 2. The second kappa shape index (κ2) is 3.67. The lowest BCUT2D eigenvalue weighted by Crippen LogP contribution is -1.90. The Kier molecular flexibility index (Phi) is 2.47. The maximum absolute atomic E-state index is 13.6. The van der Waals surface area contributed by atoms with Gasteiger partial charge in [-0.15, -0.1) is 0 Å². The lowest BCUT2D eigenvalue weighted by molar-refractivity contribution is 0.398. The van der Waals surface area contributed by atoms with Crippen LogP contribution in [0.25, 0.3) is 11.1 Å². The molecule has 0 spiro atoms. The summed E-state index contributed by atoms with van der Waals surface area (Å²) in [6.07, 6.45) is 1.22. The molecular weight excluding hydrogens is 283 g/mol. The molecule has 0 saturated carbocycles. The molecule has 0 aliphatic heterocycles. The Bertz CT molecular complexity index is 556. The summed E-state index contributed by atoms with van der Waals surface area (Å²) in [6, 6.07) is 0.780. The molecule has 0 saturated heterocycles. The summed E-state index contributed by atoms with van der Waals surface area (Å²) in [5.41, 5.74) is 5.61. The number of aromatic nitrogens is 1. The van der Waals surface area contributed by atoms with Gasteiger partial charge in [0.1, 0.15) is 5.82 Å². The average molecular weight is 289 g/mol. The molecule has 0 aliphatic rings. The van der Waals surface area contributed by atoms with E-state index in [0.29, 0.717) is 0 Å². The minimum Gasteiger partial charge on any atom is -0.504 e. The summed E-state index contributed by atoms with van der Waals surface area (Å²) in [4.78, 5) is 0. The van der Waals surface area contributed by atoms with Crippen molar-refractivity contribution in [2.24, 2.45) is 0 Å². The molecule has 5 nitrogen and oxygen atoms in total.